The van der Waals surface area contributed by atoms with Crippen LogP contribution < -0.4 is 0 Å². The van der Waals surface area contributed by atoms with Crippen molar-refractivity contribution < 1.29 is 10.2 Å². The number of aromatic nitrogens is 4. The molecule has 1 aliphatic rings. The van der Waals surface area contributed by atoms with E-state index >= 15 is 0 Å². The molecule has 2 N–H and O–H groups in total. The Bertz CT molecular complexity index is 713. The molecule has 0 aromatic carbocycles. The van der Waals surface area contributed by atoms with Gasteiger partial charge in [0, 0.05) is 14.1 Å². The summed E-state index contributed by atoms with van der Waals surface area (Å²) in [5.41, 5.74) is 1.21. The predicted molar refractivity (Wildman–Crippen MR) is 86.6 cm³/mol. The maximum absolute atomic E-state index is 10.4. The molecule has 2 aromatic rings. The summed E-state index contributed by atoms with van der Waals surface area (Å²) >= 11 is 0. The van der Waals surface area contributed by atoms with Crippen LogP contribution in [0.4, 0.5) is 5.82 Å². The maximum Gasteiger partial charge on any atom is 0.184 e. The molecule has 3 rings (SSSR count). The number of fused-ring (bicyclic) bond motifs is 1. The van der Waals surface area contributed by atoms with Gasteiger partial charge in [-0.1, -0.05) is 13.3 Å². The van der Waals surface area contributed by atoms with Crippen molar-refractivity contribution in [2.75, 3.05) is 14.1 Å². The molecule has 0 aliphatic heterocycles. The second-order valence-corrected chi connectivity index (χ2v) is 6.18. The van der Waals surface area contributed by atoms with E-state index in [1.54, 1.807) is 12.7 Å². The molecule has 0 saturated heterocycles. The fraction of sp³-hybridized carbons (Fsp3) is 0.600. The molecule has 1 fully saturated rings. The number of hydrogen-bond donors (Lipinski definition) is 2. The van der Waals surface area contributed by atoms with Crippen molar-refractivity contribution in [3.63, 3.8) is 0 Å². The van der Waals surface area contributed by atoms with E-state index in [1.807, 2.05) is 30.5 Å². The molecule has 2 heterocycles. The van der Waals surface area contributed by atoms with E-state index in [9.17, 15) is 10.2 Å². The molecule has 8 nitrogen and oxygen atoms in total. The lowest BCUT2D eigenvalue weighted by molar-refractivity contribution is 0.00612. The third kappa shape index (κ3) is 2.79. The molecule has 2 aromatic heterocycles. The molecule has 0 bridgehead atoms. The van der Waals surface area contributed by atoms with E-state index in [1.165, 1.54) is 6.33 Å². The second-order valence-electron chi connectivity index (χ2n) is 6.18. The Hall–Kier alpha value is -2.06. The maximum atomic E-state index is 10.4. The van der Waals surface area contributed by atoms with Gasteiger partial charge in [0.2, 0.25) is 0 Å². The van der Waals surface area contributed by atoms with E-state index in [4.69, 9.17) is 0 Å². The molecular weight excluding hydrogens is 296 g/mol. The van der Waals surface area contributed by atoms with Gasteiger partial charge in [-0.3, -0.25) is 0 Å². The highest BCUT2D eigenvalue weighted by Crippen LogP contribution is 2.38. The van der Waals surface area contributed by atoms with Crippen LogP contribution in [0.1, 0.15) is 25.8 Å². The molecule has 1 aliphatic carbocycles. The average molecular weight is 318 g/mol. The minimum Gasteiger partial charge on any atom is -0.390 e. The van der Waals surface area contributed by atoms with E-state index in [2.05, 4.69) is 19.9 Å². The summed E-state index contributed by atoms with van der Waals surface area (Å²) in [5, 5.41) is 20.5. The van der Waals surface area contributed by atoms with Gasteiger partial charge < -0.3 is 19.7 Å². The number of imidazole rings is 1. The van der Waals surface area contributed by atoms with Crippen LogP contribution in [0.3, 0.4) is 0 Å². The highest BCUT2D eigenvalue weighted by atomic mass is 16.3. The number of hydrogen-bond acceptors (Lipinski definition) is 6. The van der Waals surface area contributed by atoms with Crippen molar-refractivity contribution in [1.82, 2.24) is 24.4 Å². The van der Waals surface area contributed by atoms with Crippen LogP contribution in [-0.2, 0) is 0 Å². The van der Waals surface area contributed by atoms with Gasteiger partial charge in [0.1, 0.15) is 12.4 Å². The average Bonchev–Trinajstić information content (AvgIpc) is 3.08. The zero-order chi connectivity index (χ0) is 16.6. The third-order valence-electron chi connectivity index (χ3n) is 4.40. The number of aliphatic imine (C=N–C) groups is 1. The smallest absolute Gasteiger partial charge is 0.184 e. The minimum atomic E-state index is -0.818. The largest absolute Gasteiger partial charge is 0.390 e. The van der Waals surface area contributed by atoms with E-state index < -0.39 is 12.2 Å². The van der Waals surface area contributed by atoms with Gasteiger partial charge in [-0.25, -0.2) is 19.9 Å². The normalized spacial score (nSPS) is 28.0. The molecule has 0 radical (unpaired) electrons. The van der Waals surface area contributed by atoms with Crippen LogP contribution >= 0.6 is 0 Å². The molecular formula is C15H22N6O2. The Morgan fingerprint density at radius 2 is 2.09 bits per heavy atom. The van der Waals surface area contributed by atoms with E-state index in [0.717, 1.165) is 6.42 Å². The third-order valence-corrected chi connectivity index (χ3v) is 4.40. The summed E-state index contributed by atoms with van der Waals surface area (Å²) in [5.74, 6) is 0.572. The molecule has 1 unspecified atom stereocenters. The van der Waals surface area contributed by atoms with Gasteiger partial charge in [-0.05, 0) is 12.3 Å². The fourth-order valence-corrected chi connectivity index (χ4v) is 3.13. The molecule has 1 saturated carbocycles. The summed E-state index contributed by atoms with van der Waals surface area (Å²) < 4.78 is 1.83. The number of aliphatic hydroxyl groups excluding tert-OH is 2. The van der Waals surface area contributed by atoms with Crippen molar-refractivity contribution in [3.05, 3.63) is 12.7 Å². The van der Waals surface area contributed by atoms with Crippen molar-refractivity contribution >= 4 is 23.3 Å². The SMILES string of the molecule is CC[C@H]1C[C@@H](n2cnc3c(/N=C/N(C)C)ncnc32)C(O)[C@H]1O. The van der Waals surface area contributed by atoms with Crippen LogP contribution in [0.5, 0.6) is 0 Å². The van der Waals surface area contributed by atoms with Crippen LogP contribution in [-0.4, -0.2) is 67.3 Å². The summed E-state index contributed by atoms with van der Waals surface area (Å²) in [6.07, 6.45) is 4.74. The summed E-state index contributed by atoms with van der Waals surface area (Å²) in [4.78, 5) is 18.9. The quantitative estimate of drug-likeness (QED) is 0.637. The molecule has 0 amide bonds. The predicted octanol–water partition coefficient (Wildman–Crippen LogP) is 0.740. The molecule has 8 heteroatoms. The van der Waals surface area contributed by atoms with Gasteiger partial charge in [0.25, 0.3) is 0 Å². The Morgan fingerprint density at radius 3 is 2.74 bits per heavy atom. The molecule has 124 valence electrons. The highest BCUT2D eigenvalue weighted by Gasteiger charge is 2.42. The standard InChI is InChI=1S/C15H22N6O2/c1-4-9-5-10(13(23)12(9)22)21-8-18-11-14(19-7-20(2)3)16-6-17-15(11)21/h6-10,12-13,22-23H,4-5H2,1-3H3/b19-7+/t9-,10+,12-,13?/m0/s1. The lowest BCUT2D eigenvalue weighted by atomic mass is 10.0. The summed E-state index contributed by atoms with van der Waals surface area (Å²) in [6.45, 7) is 2.02. The van der Waals surface area contributed by atoms with Crippen molar-refractivity contribution in [3.8, 4) is 0 Å². The van der Waals surface area contributed by atoms with Crippen molar-refractivity contribution in [1.29, 1.82) is 0 Å². The molecule has 4 atom stereocenters. The first-order chi connectivity index (χ1) is 11.0. The zero-order valence-corrected chi connectivity index (χ0v) is 13.5. The van der Waals surface area contributed by atoms with Gasteiger partial charge in [0.15, 0.2) is 17.0 Å². The Kier molecular flexibility index (Phi) is 4.27. The van der Waals surface area contributed by atoms with Gasteiger partial charge in [0.05, 0.1) is 24.8 Å². The number of nitrogens with zero attached hydrogens (tertiary/aromatic N) is 6. The first kappa shape index (κ1) is 15.8. The molecule has 0 spiro atoms. The molecule has 23 heavy (non-hydrogen) atoms. The Morgan fingerprint density at radius 1 is 1.30 bits per heavy atom. The minimum absolute atomic E-state index is 0.0838. The number of rotatable bonds is 4. The summed E-state index contributed by atoms with van der Waals surface area (Å²) in [6, 6.07) is -0.236. The van der Waals surface area contributed by atoms with Crippen LogP contribution in [0.25, 0.3) is 11.2 Å². The Balaban J connectivity index is 1.99. The van der Waals surface area contributed by atoms with Crippen LogP contribution in [0, 0.1) is 5.92 Å². The second kappa shape index (κ2) is 6.21. The van der Waals surface area contributed by atoms with Crippen LogP contribution in [0.2, 0.25) is 0 Å². The van der Waals surface area contributed by atoms with Crippen LogP contribution in [0.15, 0.2) is 17.6 Å². The van der Waals surface area contributed by atoms with E-state index in [0.29, 0.717) is 23.4 Å². The highest BCUT2D eigenvalue weighted by molar-refractivity contribution is 5.82. The van der Waals surface area contributed by atoms with Gasteiger partial charge in [-0.15, -0.1) is 0 Å². The summed E-state index contributed by atoms with van der Waals surface area (Å²) in [7, 11) is 3.75. The monoisotopic (exact) mass is 318 g/mol. The fourth-order valence-electron chi connectivity index (χ4n) is 3.13. The lowest BCUT2D eigenvalue weighted by Crippen LogP contribution is -2.29. The zero-order valence-electron chi connectivity index (χ0n) is 13.5. The lowest BCUT2D eigenvalue weighted by Gasteiger charge is -2.18. The van der Waals surface area contributed by atoms with E-state index in [-0.39, 0.29) is 12.0 Å². The van der Waals surface area contributed by atoms with Crippen molar-refractivity contribution in [2.24, 2.45) is 10.9 Å². The number of aliphatic hydroxyl groups is 2. The Labute approximate surface area is 134 Å². The van der Waals surface area contributed by atoms with Gasteiger partial charge in [-0.2, -0.15) is 0 Å². The first-order valence-electron chi connectivity index (χ1n) is 7.77. The topological polar surface area (TPSA) is 99.7 Å². The van der Waals surface area contributed by atoms with Crippen molar-refractivity contribution in [2.45, 2.75) is 38.0 Å². The first-order valence-corrected chi connectivity index (χ1v) is 7.77. The van der Waals surface area contributed by atoms with Gasteiger partial charge >= 0.3 is 0 Å².